The summed E-state index contributed by atoms with van der Waals surface area (Å²) < 4.78 is 6.99. The number of esters is 1. The van der Waals surface area contributed by atoms with Crippen LogP contribution in [0.15, 0.2) is 6.33 Å². The van der Waals surface area contributed by atoms with E-state index in [9.17, 15) is 4.79 Å². The van der Waals surface area contributed by atoms with Gasteiger partial charge in [-0.2, -0.15) is 0 Å². The van der Waals surface area contributed by atoms with Gasteiger partial charge < -0.3 is 9.30 Å². The Kier molecular flexibility index (Phi) is 4.26. The molecule has 0 aliphatic rings. The van der Waals surface area contributed by atoms with Crippen LogP contribution in [0.2, 0.25) is 0 Å². The van der Waals surface area contributed by atoms with E-state index in [1.807, 2.05) is 18.4 Å². The second kappa shape index (κ2) is 5.29. The van der Waals surface area contributed by atoms with E-state index < -0.39 is 5.41 Å². The molecule has 0 fully saturated rings. The van der Waals surface area contributed by atoms with E-state index in [0.717, 1.165) is 6.54 Å². The van der Waals surface area contributed by atoms with Gasteiger partial charge in [-0.3, -0.25) is 4.79 Å². The van der Waals surface area contributed by atoms with Crippen molar-refractivity contribution in [2.75, 3.05) is 6.61 Å². The molecule has 96 valence electrons. The van der Waals surface area contributed by atoms with Gasteiger partial charge in [-0.05, 0) is 26.7 Å². The van der Waals surface area contributed by atoms with Gasteiger partial charge in [0.2, 0.25) is 0 Å². The normalized spacial score (nSPS) is 11.9. The molecule has 17 heavy (non-hydrogen) atoms. The summed E-state index contributed by atoms with van der Waals surface area (Å²) in [6.07, 6.45) is 1.66. The third-order valence-electron chi connectivity index (χ3n) is 2.52. The van der Waals surface area contributed by atoms with Crippen molar-refractivity contribution in [3.05, 3.63) is 12.2 Å². The van der Waals surface area contributed by atoms with Crippen molar-refractivity contribution in [1.29, 1.82) is 0 Å². The lowest BCUT2D eigenvalue weighted by molar-refractivity contribution is -0.149. The molecular formula is C12H21N3O2. The molecule has 0 saturated carbocycles. The highest BCUT2D eigenvalue weighted by Gasteiger charge is 2.36. The number of rotatable bonds is 5. The highest BCUT2D eigenvalue weighted by atomic mass is 16.5. The van der Waals surface area contributed by atoms with Crippen molar-refractivity contribution in [1.82, 2.24) is 14.8 Å². The average Bonchev–Trinajstić information content (AvgIpc) is 2.65. The van der Waals surface area contributed by atoms with Gasteiger partial charge in [-0.25, -0.2) is 0 Å². The molecule has 0 N–H and O–H groups in total. The number of hydrogen-bond donors (Lipinski definition) is 0. The maximum Gasteiger partial charge on any atom is 0.319 e. The van der Waals surface area contributed by atoms with Gasteiger partial charge in [0, 0.05) is 6.54 Å². The Labute approximate surface area is 102 Å². The van der Waals surface area contributed by atoms with Crippen LogP contribution in [-0.4, -0.2) is 27.3 Å². The second-order valence-electron chi connectivity index (χ2n) is 5.05. The Morgan fingerprint density at radius 1 is 1.53 bits per heavy atom. The Hall–Kier alpha value is -1.39. The summed E-state index contributed by atoms with van der Waals surface area (Å²) in [5.74, 6) is 0.866. The predicted octanol–water partition coefficient (Wildman–Crippen LogP) is 1.77. The van der Waals surface area contributed by atoms with E-state index in [4.69, 9.17) is 4.74 Å². The molecular weight excluding hydrogens is 218 g/mol. The van der Waals surface area contributed by atoms with Crippen LogP contribution < -0.4 is 0 Å². The molecule has 1 aromatic heterocycles. The molecule has 5 heteroatoms. The minimum atomic E-state index is -0.763. The summed E-state index contributed by atoms with van der Waals surface area (Å²) in [6.45, 7) is 10.8. The van der Waals surface area contributed by atoms with Crippen LogP contribution in [0.4, 0.5) is 0 Å². The molecule has 0 aromatic carbocycles. The zero-order valence-corrected chi connectivity index (χ0v) is 11.2. The van der Waals surface area contributed by atoms with Crippen LogP contribution in [0.25, 0.3) is 0 Å². The van der Waals surface area contributed by atoms with Crippen molar-refractivity contribution < 1.29 is 9.53 Å². The number of carbonyl (C=O) groups excluding carboxylic acids is 1. The summed E-state index contributed by atoms with van der Waals surface area (Å²) in [6, 6.07) is 0. The van der Waals surface area contributed by atoms with Gasteiger partial charge in [0.25, 0.3) is 0 Å². The molecule has 0 spiro atoms. The topological polar surface area (TPSA) is 57.0 Å². The zero-order chi connectivity index (χ0) is 13.1. The molecule has 0 aliphatic heterocycles. The Balaban J connectivity index is 2.98. The Morgan fingerprint density at radius 2 is 2.18 bits per heavy atom. The molecule has 0 bridgehead atoms. The lowest BCUT2D eigenvalue weighted by atomic mass is 9.92. The Morgan fingerprint density at radius 3 is 2.71 bits per heavy atom. The maximum absolute atomic E-state index is 11.9. The van der Waals surface area contributed by atoms with Gasteiger partial charge in [0.1, 0.15) is 17.6 Å². The largest absolute Gasteiger partial charge is 0.465 e. The van der Waals surface area contributed by atoms with Gasteiger partial charge in [0.15, 0.2) is 0 Å². The fourth-order valence-electron chi connectivity index (χ4n) is 1.67. The van der Waals surface area contributed by atoms with Crippen molar-refractivity contribution in [3.8, 4) is 0 Å². The number of nitrogens with zero attached hydrogens (tertiary/aromatic N) is 3. The standard InChI is InChI=1S/C12H21N3O2/c1-6-17-11(16)12(4,5)10-14-13-8-15(10)7-9(2)3/h8-9H,6-7H2,1-5H3. The number of carbonyl (C=O) groups is 1. The maximum atomic E-state index is 11.9. The highest BCUT2D eigenvalue weighted by molar-refractivity contribution is 5.81. The van der Waals surface area contributed by atoms with Crippen LogP contribution in [0.1, 0.15) is 40.4 Å². The van der Waals surface area contributed by atoms with Gasteiger partial charge in [-0.1, -0.05) is 13.8 Å². The van der Waals surface area contributed by atoms with Crippen LogP contribution in [0.5, 0.6) is 0 Å². The SMILES string of the molecule is CCOC(=O)C(C)(C)c1nncn1CC(C)C. The molecule has 0 unspecified atom stereocenters. The number of aromatic nitrogens is 3. The molecule has 0 radical (unpaired) electrons. The predicted molar refractivity (Wildman–Crippen MR) is 64.5 cm³/mol. The quantitative estimate of drug-likeness (QED) is 0.735. The smallest absolute Gasteiger partial charge is 0.319 e. The lowest BCUT2D eigenvalue weighted by Crippen LogP contribution is -2.34. The first-order valence-electron chi connectivity index (χ1n) is 5.95. The summed E-state index contributed by atoms with van der Waals surface area (Å²) in [5, 5.41) is 7.95. The van der Waals surface area contributed by atoms with Crippen LogP contribution >= 0.6 is 0 Å². The average molecular weight is 239 g/mol. The van der Waals surface area contributed by atoms with Crippen LogP contribution in [-0.2, 0) is 21.5 Å². The summed E-state index contributed by atoms with van der Waals surface area (Å²) >= 11 is 0. The van der Waals surface area contributed by atoms with Gasteiger partial charge in [-0.15, -0.1) is 10.2 Å². The van der Waals surface area contributed by atoms with Crippen LogP contribution in [0.3, 0.4) is 0 Å². The fourth-order valence-corrected chi connectivity index (χ4v) is 1.67. The van der Waals surface area contributed by atoms with Crippen molar-refractivity contribution >= 4 is 5.97 Å². The van der Waals surface area contributed by atoms with E-state index in [2.05, 4.69) is 24.0 Å². The summed E-state index contributed by atoms with van der Waals surface area (Å²) in [4.78, 5) is 11.9. The molecule has 1 rings (SSSR count). The minimum Gasteiger partial charge on any atom is -0.465 e. The van der Waals surface area contributed by atoms with E-state index in [-0.39, 0.29) is 5.97 Å². The van der Waals surface area contributed by atoms with E-state index in [0.29, 0.717) is 18.3 Å². The molecule has 0 atom stereocenters. The molecule has 1 aromatic rings. The minimum absolute atomic E-state index is 0.266. The van der Waals surface area contributed by atoms with E-state index >= 15 is 0 Å². The highest BCUT2D eigenvalue weighted by Crippen LogP contribution is 2.23. The zero-order valence-electron chi connectivity index (χ0n) is 11.2. The summed E-state index contributed by atoms with van der Waals surface area (Å²) in [5.41, 5.74) is -0.763. The van der Waals surface area contributed by atoms with E-state index in [1.54, 1.807) is 13.3 Å². The molecule has 0 amide bonds. The fraction of sp³-hybridized carbons (Fsp3) is 0.750. The van der Waals surface area contributed by atoms with Crippen LogP contribution in [0, 0.1) is 5.92 Å². The van der Waals surface area contributed by atoms with Gasteiger partial charge in [0.05, 0.1) is 6.61 Å². The third-order valence-corrected chi connectivity index (χ3v) is 2.52. The molecule has 1 heterocycles. The number of hydrogen-bond acceptors (Lipinski definition) is 4. The van der Waals surface area contributed by atoms with Crippen molar-refractivity contribution in [2.24, 2.45) is 5.92 Å². The third kappa shape index (κ3) is 3.05. The first kappa shape index (κ1) is 13.7. The molecule has 0 aliphatic carbocycles. The Bertz CT molecular complexity index is 383. The van der Waals surface area contributed by atoms with Crippen molar-refractivity contribution in [3.63, 3.8) is 0 Å². The molecule has 0 saturated heterocycles. The first-order chi connectivity index (χ1) is 7.89. The monoisotopic (exact) mass is 239 g/mol. The number of ether oxygens (including phenoxy) is 1. The summed E-state index contributed by atoms with van der Waals surface area (Å²) in [7, 11) is 0. The second-order valence-corrected chi connectivity index (χ2v) is 5.05. The van der Waals surface area contributed by atoms with Gasteiger partial charge >= 0.3 is 5.97 Å². The first-order valence-corrected chi connectivity index (χ1v) is 5.95. The lowest BCUT2D eigenvalue weighted by Gasteiger charge is -2.22. The molecule has 5 nitrogen and oxygen atoms in total. The van der Waals surface area contributed by atoms with Crippen molar-refractivity contribution in [2.45, 2.75) is 46.6 Å². The van der Waals surface area contributed by atoms with E-state index in [1.165, 1.54) is 0 Å².